The smallest absolute Gasteiger partial charge is 0.223 e. The van der Waals surface area contributed by atoms with Crippen LogP contribution in [0.25, 0.3) is 0 Å². The molecule has 0 radical (unpaired) electrons. The fourth-order valence-corrected chi connectivity index (χ4v) is 2.19. The highest BCUT2D eigenvalue weighted by Crippen LogP contribution is 2.28. The van der Waals surface area contributed by atoms with Crippen LogP contribution in [0.1, 0.15) is 32.6 Å². The van der Waals surface area contributed by atoms with E-state index in [0.717, 1.165) is 25.7 Å². The highest BCUT2D eigenvalue weighted by molar-refractivity contribution is 5.79. The number of nitrogens with one attached hydrogen (secondary N) is 1. The second-order valence-electron chi connectivity index (χ2n) is 5.32. The van der Waals surface area contributed by atoms with Gasteiger partial charge in [-0.15, -0.1) is 0 Å². The van der Waals surface area contributed by atoms with Gasteiger partial charge in [-0.2, -0.15) is 0 Å². The van der Waals surface area contributed by atoms with Crippen molar-refractivity contribution in [2.75, 3.05) is 19.8 Å². The maximum atomic E-state index is 12.0. The van der Waals surface area contributed by atoms with Crippen LogP contribution in [0.5, 0.6) is 0 Å². The van der Waals surface area contributed by atoms with Gasteiger partial charge < -0.3 is 21.3 Å². The van der Waals surface area contributed by atoms with Crippen molar-refractivity contribution in [1.29, 1.82) is 0 Å². The van der Waals surface area contributed by atoms with Crippen molar-refractivity contribution in [1.82, 2.24) is 5.32 Å². The largest absolute Gasteiger partial charge is 0.394 e. The van der Waals surface area contributed by atoms with Crippen LogP contribution in [0.3, 0.4) is 0 Å². The third-order valence-corrected chi connectivity index (χ3v) is 3.67. The van der Waals surface area contributed by atoms with E-state index in [1.807, 2.05) is 0 Å². The lowest BCUT2D eigenvalue weighted by molar-refractivity contribution is -0.129. The SMILES string of the molecule is CC(CO)(CO)NC(=O)C1CCC(CN)CC1. The summed E-state index contributed by atoms with van der Waals surface area (Å²) < 4.78 is 0. The Bertz CT molecular complexity index is 246. The predicted molar refractivity (Wildman–Crippen MR) is 65.2 cm³/mol. The van der Waals surface area contributed by atoms with Gasteiger partial charge in [0.1, 0.15) is 0 Å². The van der Waals surface area contributed by atoms with E-state index in [1.54, 1.807) is 6.92 Å². The maximum Gasteiger partial charge on any atom is 0.223 e. The number of hydrogen-bond acceptors (Lipinski definition) is 4. The second-order valence-corrected chi connectivity index (χ2v) is 5.32. The molecule has 1 aliphatic rings. The van der Waals surface area contributed by atoms with Gasteiger partial charge in [0, 0.05) is 5.92 Å². The van der Waals surface area contributed by atoms with E-state index in [1.165, 1.54) is 0 Å². The Morgan fingerprint density at radius 3 is 2.24 bits per heavy atom. The fraction of sp³-hybridized carbons (Fsp3) is 0.917. The zero-order chi connectivity index (χ0) is 12.9. The number of hydrogen-bond donors (Lipinski definition) is 4. The molecular formula is C12H24N2O3. The van der Waals surface area contributed by atoms with E-state index < -0.39 is 5.54 Å². The molecule has 1 amide bonds. The van der Waals surface area contributed by atoms with Crippen molar-refractivity contribution in [3.05, 3.63) is 0 Å². The summed E-state index contributed by atoms with van der Waals surface area (Å²) in [6, 6.07) is 0. The van der Waals surface area contributed by atoms with Gasteiger partial charge in [0.05, 0.1) is 18.8 Å². The molecule has 5 nitrogen and oxygen atoms in total. The topological polar surface area (TPSA) is 95.6 Å². The highest BCUT2D eigenvalue weighted by Gasteiger charge is 2.31. The van der Waals surface area contributed by atoms with Gasteiger partial charge in [0.15, 0.2) is 0 Å². The van der Waals surface area contributed by atoms with Crippen LogP contribution in [0.4, 0.5) is 0 Å². The Morgan fingerprint density at radius 2 is 1.82 bits per heavy atom. The molecule has 5 N–H and O–H groups in total. The molecule has 0 aromatic heterocycles. The van der Waals surface area contributed by atoms with Crippen LogP contribution < -0.4 is 11.1 Å². The molecule has 0 spiro atoms. The molecule has 1 saturated carbocycles. The van der Waals surface area contributed by atoms with Crippen molar-refractivity contribution in [2.45, 2.75) is 38.1 Å². The average molecular weight is 244 g/mol. The average Bonchev–Trinajstić information content (AvgIpc) is 2.38. The summed E-state index contributed by atoms with van der Waals surface area (Å²) in [5, 5.41) is 21.0. The Balaban J connectivity index is 2.44. The van der Waals surface area contributed by atoms with Gasteiger partial charge in [-0.1, -0.05) is 0 Å². The fourth-order valence-electron chi connectivity index (χ4n) is 2.19. The molecule has 0 aliphatic heterocycles. The van der Waals surface area contributed by atoms with E-state index >= 15 is 0 Å². The maximum absolute atomic E-state index is 12.0. The predicted octanol–water partition coefficient (Wildman–Crippen LogP) is -0.389. The first kappa shape index (κ1) is 14.4. The Morgan fingerprint density at radius 1 is 1.29 bits per heavy atom. The minimum atomic E-state index is -0.915. The van der Waals surface area contributed by atoms with Gasteiger partial charge in [-0.25, -0.2) is 0 Å². The Labute approximate surface area is 102 Å². The molecular weight excluding hydrogens is 220 g/mol. The molecule has 0 aromatic carbocycles. The summed E-state index contributed by atoms with van der Waals surface area (Å²) in [5.41, 5.74) is 4.69. The minimum Gasteiger partial charge on any atom is -0.394 e. The lowest BCUT2D eigenvalue weighted by atomic mass is 9.81. The highest BCUT2D eigenvalue weighted by atomic mass is 16.3. The van der Waals surface area contributed by atoms with Crippen LogP contribution >= 0.6 is 0 Å². The molecule has 0 saturated heterocycles. The molecule has 0 heterocycles. The molecule has 5 heteroatoms. The summed E-state index contributed by atoms with van der Waals surface area (Å²) in [5.74, 6) is 0.474. The third-order valence-electron chi connectivity index (χ3n) is 3.67. The van der Waals surface area contributed by atoms with Gasteiger partial charge >= 0.3 is 0 Å². The molecule has 17 heavy (non-hydrogen) atoms. The number of amides is 1. The van der Waals surface area contributed by atoms with Crippen LogP contribution in [-0.4, -0.2) is 41.4 Å². The number of carbonyl (C=O) groups is 1. The molecule has 0 unspecified atom stereocenters. The monoisotopic (exact) mass is 244 g/mol. The summed E-state index contributed by atoms with van der Waals surface area (Å²) in [4.78, 5) is 12.0. The van der Waals surface area contributed by atoms with Crippen molar-refractivity contribution >= 4 is 5.91 Å². The number of rotatable bonds is 5. The number of carbonyl (C=O) groups excluding carboxylic acids is 1. The molecule has 0 bridgehead atoms. The van der Waals surface area contributed by atoms with E-state index in [4.69, 9.17) is 15.9 Å². The Hall–Kier alpha value is -0.650. The van der Waals surface area contributed by atoms with Crippen LogP contribution in [0, 0.1) is 11.8 Å². The summed E-state index contributed by atoms with van der Waals surface area (Å²) in [6.07, 6.45) is 3.67. The first-order chi connectivity index (χ1) is 8.04. The lowest BCUT2D eigenvalue weighted by Crippen LogP contribution is -2.53. The lowest BCUT2D eigenvalue weighted by Gasteiger charge is -2.31. The zero-order valence-corrected chi connectivity index (χ0v) is 10.5. The number of aliphatic hydroxyl groups excluding tert-OH is 2. The second kappa shape index (κ2) is 6.33. The van der Waals surface area contributed by atoms with Crippen molar-refractivity contribution in [3.63, 3.8) is 0 Å². The van der Waals surface area contributed by atoms with Gasteiger partial charge in [-0.3, -0.25) is 4.79 Å². The first-order valence-corrected chi connectivity index (χ1v) is 6.28. The van der Waals surface area contributed by atoms with Crippen molar-refractivity contribution < 1.29 is 15.0 Å². The number of nitrogens with two attached hydrogens (primary N) is 1. The van der Waals surface area contributed by atoms with Crippen LogP contribution in [0.2, 0.25) is 0 Å². The first-order valence-electron chi connectivity index (χ1n) is 6.28. The number of aliphatic hydroxyl groups is 2. The van der Waals surface area contributed by atoms with E-state index in [0.29, 0.717) is 12.5 Å². The van der Waals surface area contributed by atoms with Gasteiger partial charge in [0.2, 0.25) is 5.91 Å². The molecule has 1 fully saturated rings. The standard InChI is InChI=1S/C12H24N2O3/c1-12(7-15,8-16)14-11(17)10-4-2-9(6-13)3-5-10/h9-10,15-16H,2-8,13H2,1H3,(H,14,17). The van der Waals surface area contributed by atoms with E-state index in [-0.39, 0.29) is 25.0 Å². The Kier molecular flexibility index (Phi) is 5.36. The van der Waals surface area contributed by atoms with Gasteiger partial charge in [0.25, 0.3) is 0 Å². The minimum absolute atomic E-state index is 0.00442. The summed E-state index contributed by atoms with van der Waals surface area (Å²) in [6.45, 7) is 1.82. The van der Waals surface area contributed by atoms with Crippen molar-refractivity contribution in [3.8, 4) is 0 Å². The molecule has 100 valence electrons. The van der Waals surface area contributed by atoms with E-state index in [9.17, 15) is 4.79 Å². The van der Waals surface area contributed by atoms with Gasteiger partial charge in [-0.05, 0) is 45.1 Å². The molecule has 1 aliphatic carbocycles. The quantitative estimate of drug-likeness (QED) is 0.530. The summed E-state index contributed by atoms with van der Waals surface area (Å²) >= 11 is 0. The summed E-state index contributed by atoms with van der Waals surface area (Å²) in [7, 11) is 0. The van der Waals surface area contributed by atoms with E-state index in [2.05, 4.69) is 5.32 Å². The van der Waals surface area contributed by atoms with Crippen LogP contribution in [0.15, 0.2) is 0 Å². The molecule has 1 rings (SSSR count). The molecule has 0 aromatic rings. The zero-order valence-electron chi connectivity index (χ0n) is 10.5. The third kappa shape index (κ3) is 3.94. The van der Waals surface area contributed by atoms with Crippen molar-refractivity contribution in [2.24, 2.45) is 17.6 Å². The van der Waals surface area contributed by atoms with Crippen LogP contribution in [-0.2, 0) is 4.79 Å². The molecule has 0 atom stereocenters. The normalized spacial score (nSPS) is 25.6.